The molecule has 2 aromatic heterocycles. The molecule has 96 valence electrons. The number of hydrogen-bond donors (Lipinski definition) is 2. The Hall–Kier alpha value is -1.96. The van der Waals surface area contributed by atoms with Crippen molar-refractivity contribution < 1.29 is 9.53 Å². The smallest absolute Gasteiger partial charge is 0.358 e. The Balaban J connectivity index is 2.02. The average molecular weight is 267 g/mol. The first-order chi connectivity index (χ1) is 8.70. The van der Waals surface area contributed by atoms with Crippen molar-refractivity contribution in [1.29, 1.82) is 0 Å². The topological polar surface area (TPSA) is 92.8 Å². The van der Waals surface area contributed by atoms with Crippen molar-refractivity contribution in [3.8, 4) is 0 Å². The predicted octanol–water partition coefficient (Wildman–Crippen LogP) is 1.36. The highest BCUT2D eigenvalue weighted by Crippen LogP contribution is 2.22. The molecule has 18 heavy (non-hydrogen) atoms. The Labute approximate surface area is 108 Å². The lowest BCUT2D eigenvalue weighted by Gasteiger charge is -1.98. The van der Waals surface area contributed by atoms with Gasteiger partial charge in [0.25, 0.3) is 0 Å². The fourth-order valence-electron chi connectivity index (χ4n) is 1.34. The highest BCUT2D eigenvalue weighted by atomic mass is 32.1. The zero-order valence-corrected chi connectivity index (χ0v) is 10.9. The van der Waals surface area contributed by atoms with Gasteiger partial charge in [-0.05, 0) is 13.8 Å². The number of hydrogen-bond acceptors (Lipinski definition) is 7. The second kappa shape index (κ2) is 5.58. The molecule has 0 fully saturated rings. The lowest BCUT2D eigenvalue weighted by atomic mass is 10.4. The van der Waals surface area contributed by atoms with E-state index in [1.54, 1.807) is 6.92 Å². The summed E-state index contributed by atoms with van der Waals surface area (Å²) in [5.41, 5.74) is 0.363. The van der Waals surface area contributed by atoms with Gasteiger partial charge in [-0.3, -0.25) is 5.10 Å². The Kier molecular flexibility index (Phi) is 3.88. The summed E-state index contributed by atoms with van der Waals surface area (Å²) in [7, 11) is 0. The van der Waals surface area contributed by atoms with Crippen LogP contribution in [0.15, 0.2) is 6.33 Å². The molecular weight excluding hydrogens is 254 g/mol. The maximum Gasteiger partial charge on any atom is 0.358 e. The number of anilines is 1. The van der Waals surface area contributed by atoms with Gasteiger partial charge in [0, 0.05) is 4.88 Å². The molecule has 8 heteroatoms. The molecule has 0 aliphatic rings. The number of nitrogens with one attached hydrogen (secondary N) is 2. The summed E-state index contributed by atoms with van der Waals surface area (Å²) in [6, 6.07) is 0. The summed E-state index contributed by atoms with van der Waals surface area (Å²) >= 11 is 1.41. The van der Waals surface area contributed by atoms with E-state index in [0.717, 1.165) is 4.88 Å². The quantitative estimate of drug-likeness (QED) is 0.794. The lowest BCUT2D eigenvalue weighted by molar-refractivity contribution is 0.0519. The average Bonchev–Trinajstić information content (AvgIpc) is 2.96. The molecule has 2 aromatic rings. The number of esters is 1. The van der Waals surface area contributed by atoms with Crippen molar-refractivity contribution in [3.05, 3.63) is 22.7 Å². The van der Waals surface area contributed by atoms with Crippen molar-refractivity contribution in [2.75, 3.05) is 11.9 Å². The van der Waals surface area contributed by atoms with Gasteiger partial charge in [-0.15, -0.1) is 11.3 Å². The molecule has 0 aliphatic heterocycles. The van der Waals surface area contributed by atoms with Gasteiger partial charge in [-0.1, -0.05) is 0 Å². The summed E-state index contributed by atoms with van der Waals surface area (Å²) in [5, 5.41) is 10.2. The normalized spacial score (nSPS) is 10.3. The van der Waals surface area contributed by atoms with E-state index in [1.165, 1.54) is 17.7 Å². The zero-order valence-electron chi connectivity index (χ0n) is 10.1. The second-order valence-corrected chi connectivity index (χ2v) is 4.63. The number of carbonyl (C=O) groups excluding carboxylic acids is 1. The third-order valence-corrected chi connectivity index (χ3v) is 3.07. The van der Waals surface area contributed by atoms with Gasteiger partial charge in [-0.2, -0.15) is 5.10 Å². The van der Waals surface area contributed by atoms with E-state index in [4.69, 9.17) is 4.74 Å². The summed E-state index contributed by atoms with van der Waals surface area (Å²) in [4.78, 5) is 20.6. The van der Waals surface area contributed by atoms with Crippen LogP contribution in [0.2, 0.25) is 0 Å². The molecule has 0 saturated carbocycles. The first-order valence-corrected chi connectivity index (χ1v) is 6.25. The van der Waals surface area contributed by atoms with Crippen molar-refractivity contribution in [3.63, 3.8) is 0 Å². The summed E-state index contributed by atoms with van der Waals surface area (Å²) < 4.78 is 4.92. The number of nitrogens with zero attached hydrogens (tertiary/aromatic N) is 3. The number of ether oxygens (including phenoxy) is 1. The molecule has 0 radical (unpaired) electrons. The van der Waals surface area contributed by atoms with Crippen LogP contribution in [0.25, 0.3) is 0 Å². The van der Waals surface area contributed by atoms with Gasteiger partial charge in [0.15, 0.2) is 10.8 Å². The third kappa shape index (κ3) is 2.83. The Morgan fingerprint density at radius 1 is 1.61 bits per heavy atom. The number of aromatic amines is 1. The van der Waals surface area contributed by atoms with Gasteiger partial charge in [0.2, 0.25) is 0 Å². The van der Waals surface area contributed by atoms with E-state index < -0.39 is 0 Å². The molecule has 0 aromatic carbocycles. The number of thiazole rings is 1. The van der Waals surface area contributed by atoms with Crippen LogP contribution in [-0.4, -0.2) is 32.7 Å². The van der Waals surface area contributed by atoms with Crippen LogP contribution in [0, 0.1) is 6.92 Å². The highest BCUT2D eigenvalue weighted by molar-refractivity contribution is 7.15. The molecule has 0 saturated heterocycles. The van der Waals surface area contributed by atoms with Gasteiger partial charge < -0.3 is 10.1 Å². The standard InChI is InChI=1S/C10H13N5O2S/c1-3-17-9(16)8-6(2)18-10(14-8)11-4-7-12-5-13-15-7/h5H,3-4H2,1-2H3,(H,11,14)(H,12,13,15). The number of carbonyl (C=O) groups is 1. The van der Waals surface area contributed by atoms with Crippen LogP contribution in [0.4, 0.5) is 5.13 Å². The first-order valence-electron chi connectivity index (χ1n) is 5.43. The SMILES string of the molecule is CCOC(=O)c1nc(NCc2ncn[nH]2)sc1C. The number of aromatic nitrogens is 4. The molecule has 0 aliphatic carbocycles. The summed E-state index contributed by atoms with van der Waals surface area (Å²) in [5.74, 6) is 0.319. The number of rotatable bonds is 5. The molecule has 7 nitrogen and oxygen atoms in total. The Morgan fingerprint density at radius 3 is 3.11 bits per heavy atom. The second-order valence-electron chi connectivity index (χ2n) is 3.43. The first kappa shape index (κ1) is 12.5. The fraction of sp³-hybridized carbons (Fsp3) is 0.400. The summed E-state index contributed by atoms with van der Waals surface area (Å²) in [6.07, 6.45) is 1.44. The number of H-pyrrole nitrogens is 1. The Morgan fingerprint density at radius 2 is 2.44 bits per heavy atom. The van der Waals surface area contributed by atoms with Crippen molar-refractivity contribution in [2.45, 2.75) is 20.4 Å². The highest BCUT2D eigenvalue weighted by Gasteiger charge is 2.16. The monoisotopic (exact) mass is 267 g/mol. The Bertz CT molecular complexity index is 522. The predicted molar refractivity (Wildman–Crippen MR) is 66.5 cm³/mol. The zero-order chi connectivity index (χ0) is 13.0. The van der Waals surface area contributed by atoms with Gasteiger partial charge >= 0.3 is 5.97 Å². The van der Waals surface area contributed by atoms with E-state index in [-0.39, 0.29) is 5.97 Å². The van der Waals surface area contributed by atoms with Crippen LogP contribution in [0.5, 0.6) is 0 Å². The fourth-order valence-corrected chi connectivity index (χ4v) is 2.13. The van der Waals surface area contributed by atoms with Crippen molar-refractivity contribution >= 4 is 22.4 Å². The maximum absolute atomic E-state index is 11.6. The van der Waals surface area contributed by atoms with Crippen LogP contribution in [0.1, 0.15) is 28.1 Å². The van der Waals surface area contributed by atoms with Gasteiger partial charge in [0.05, 0.1) is 13.2 Å². The maximum atomic E-state index is 11.6. The third-order valence-electron chi connectivity index (χ3n) is 2.14. The molecule has 2 rings (SSSR count). The molecule has 0 atom stereocenters. The van der Waals surface area contributed by atoms with Crippen LogP contribution in [-0.2, 0) is 11.3 Å². The largest absolute Gasteiger partial charge is 0.461 e. The van der Waals surface area contributed by atoms with Crippen LogP contribution < -0.4 is 5.32 Å². The molecule has 0 amide bonds. The van der Waals surface area contributed by atoms with E-state index in [2.05, 4.69) is 25.5 Å². The molecule has 0 bridgehead atoms. The van der Waals surface area contributed by atoms with Crippen LogP contribution in [0.3, 0.4) is 0 Å². The van der Waals surface area contributed by atoms with Gasteiger partial charge in [0.1, 0.15) is 12.2 Å². The molecule has 0 spiro atoms. The number of aryl methyl sites for hydroxylation is 1. The molecule has 2 heterocycles. The lowest BCUT2D eigenvalue weighted by Crippen LogP contribution is -2.07. The van der Waals surface area contributed by atoms with E-state index >= 15 is 0 Å². The van der Waals surface area contributed by atoms with Gasteiger partial charge in [-0.25, -0.2) is 14.8 Å². The summed E-state index contributed by atoms with van der Waals surface area (Å²) in [6.45, 7) is 4.43. The van der Waals surface area contributed by atoms with E-state index in [0.29, 0.717) is 29.8 Å². The molecular formula is C10H13N5O2S. The molecule has 2 N–H and O–H groups in total. The minimum Gasteiger partial charge on any atom is -0.461 e. The van der Waals surface area contributed by atoms with E-state index in [1.807, 2.05) is 6.92 Å². The van der Waals surface area contributed by atoms with Crippen LogP contribution >= 0.6 is 11.3 Å². The van der Waals surface area contributed by atoms with Crippen molar-refractivity contribution in [2.24, 2.45) is 0 Å². The molecule has 0 unspecified atom stereocenters. The van der Waals surface area contributed by atoms with Crippen molar-refractivity contribution in [1.82, 2.24) is 20.2 Å². The van der Waals surface area contributed by atoms with E-state index in [9.17, 15) is 4.79 Å². The minimum atomic E-state index is -0.390. The minimum absolute atomic E-state index is 0.344.